The zero-order valence-corrected chi connectivity index (χ0v) is 9.94. The van der Waals surface area contributed by atoms with E-state index >= 15 is 0 Å². The Morgan fingerprint density at radius 3 is 2.42 bits per heavy atom. The zero-order chi connectivity index (χ0) is 13.9. The molecule has 2 aromatic rings. The van der Waals surface area contributed by atoms with Crippen LogP contribution in [0.1, 0.15) is 22.8 Å². The highest BCUT2D eigenvalue weighted by Gasteiger charge is 2.29. The predicted octanol–water partition coefficient (Wildman–Crippen LogP) is 2.18. The highest BCUT2D eigenvalue weighted by atomic mass is 19.4. The molecule has 19 heavy (non-hydrogen) atoms. The summed E-state index contributed by atoms with van der Waals surface area (Å²) in [6.45, 7) is 0.416. The fourth-order valence-corrected chi connectivity index (χ4v) is 1.58. The van der Waals surface area contributed by atoms with Crippen LogP contribution in [0, 0.1) is 0 Å². The monoisotopic (exact) mass is 271 g/mol. The van der Waals surface area contributed by atoms with Gasteiger partial charge in [-0.15, -0.1) is 0 Å². The second kappa shape index (κ2) is 5.40. The third-order valence-electron chi connectivity index (χ3n) is 2.51. The van der Waals surface area contributed by atoms with Crippen molar-refractivity contribution in [3.8, 4) is 0 Å². The van der Waals surface area contributed by atoms with Crippen molar-refractivity contribution >= 4 is 0 Å². The van der Waals surface area contributed by atoms with Gasteiger partial charge in [-0.3, -0.25) is 0 Å². The number of hydrogen-bond donors (Lipinski definition) is 1. The summed E-state index contributed by atoms with van der Waals surface area (Å²) in [6, 6.07) is 4.87. The molecule has 1 aromatic carbocycles. The van der Waals surface area contributed by atoms with E-state index in [0.717, 1.165) is 12.1 Å². The molecule has 0 radical (unpaired) electrons. The quantitative estimate of drug-likeness (QED) is 0.925. The number of rotatable bonds is 4. The minimum atomic E-state index is -4.32. The first-order valence-corrected chi connectivity index (χ1v) is 5.66. The summed E-state index contributed by atoms with van der Waals surface area (Å²) in [6.07, 6.45) is -3.51. The van der Waals surface area contributed by atoms with Gasteiger partial charge >= 0.3 is 6.18 Å². The molecule has 0 aliphatic carbocycles. The van der Waals surface area contributed by atoms with Gasteiger partial charge in [0.05, 0.1) is 12.0 Å². The van der Waals surface area contributed by atoms with Crippen molar-refractivity contribution in [2.75, 3.05) is 6.54 Å². The topological polar surface area (TPSA) is 64.9 Å². The van der Waals surface area contributed by atoms with Crippen LogP contribution in [0.5, 0.6) is 0 Å². The molecule has 1 aromatic heterocycles. The molecule has 0 unspecified atom stereocenters. The molecule has 0 aliphatic rings. The predicted molar refractivity (Wildman–Crippen MR) is 61.3 cm³/mol. The standard InChI is InChI=1S/C12H12F3N3O/c13-12(14,15)9-3-1-8(2-4-9)7-11-17-10(5-6-16)18-19-11/h1-4H,5-7,16H2. The van der Waals surface area contributed by atoms with Crippen molar-refractivity contribution in [2.45, 2.75) is 19.0 Å². The Morgan fingerprint density at radius 1 is 1.16 bits per heavy atom. The van der Waals surface area contributed by atoms with E-state index < -0.39 is 11.7 Å². The van der Waals surface area contributed by atoms with Crippen molar-refractivity contribution in [1.82, 2.24) is 10.1 Å². The molecule has 4 nitrogen and oxygen atoms in total. The number of nitrogens with zero attached hydrogens (tertiary/aromatic N) is 2. The van der Waals surface area contributed by atoms with E-state index in [1.165, 1.54) is 12.1 Å². The molecule has 2 N–H and O–H groups in total. The average Bonchev–Trinajstić information content (AvgIpc) is 2.77. The lowest BCUT2D eigenvalue weighted by atomic mass is 10.1. The van der Waals surface area contributed by atoms with E-state index in [-0.39, 0.29) is 0 Å². The van der Waals surface area contributed by atoms with Crippen LogP contribution in [-0.2, 0) is 19.0 Å². The van der Waals surface area contributed by atoms with E-state index in [4.69, 9.17) is 10.3 Å². The molecule has 0 saturated heterocycles. The number of nitrogens with two attached hydrogens (primary N) is 1. The lowest BCUT2D eigenvalue weighted by molar-refractivity contribution is -0.137. The van der Waals surface area contributed by atoms with Crippen molar-refractivity contribution in [3.05, 3.63) is 47.1 Å². The third kappa shape index (κ3) is 3.54. The summed E-state index contributed by atoms with van der Waals surface area (Å²) in [5.41, 5.74) is 5.35. The maximum atomic E-state index is 12.4. The Hall–Kier alpha value is -1.89. The normalized spacial score (nSPS) is 11.8. The van der Waals surface area contributed by atoms with Crippen molar-refractivity contribution < 1.29 is 17.7 Å². The van der Waals surface area contributed by atoms with E-state index in [9.17, 15) is 13.2 Å². The molecule has 2 rings (SSSR count). The highest BCUT2D eigenvalue weighted by molar-refractivity contribution is 5.26. The Bertz CT molecular complexity index is 534. The summed E-state index contributed by atoms with van der Waals surface area (Å²) < 4.78 is 42.1. The van der Waals surface area contributed by atoms with Crippen LogP contribution < -0.4 is 5.73 Å². The molecule has 0 spiro atoms. The van der Waals surface area contributed by atoms with Crippen LogP contribution in [0.25, 0.3) is 0 Å². The summed E-state index contributed by atoms with van der Waals surface area (Å²) >= 11 is 0. The van der Waals surface area contributed by atoms with E-state index in [1.807, 2.05) is 0 Å². The van der Waals surface area contributed by atoms with Gasteiger partial charge in [0.15, 0.2) is 5.82 Å². The molecule has 1 heterocycles. The Labute approximate surface area is 107 Å². The first kappa shape index (κ1) is 13.5. The summed E-state index contributed by atoms with van der Waals surface area (Å²) in [5, 5.41) is 3.71. The van der Waals surface area contributed by atoms with Crippen molar-refractivity contribution in [3.63, 3.8) is 0 Å². The number of alkyl halides is 3. The van der Waals surface area contributed by atoms with Gasteiger partial charge in [-0.2, -0.15) is 18.2 Å². The highest BCUT2D eigenvalue weighted by Crippen LogP contribution is 2.29. The van der Waals surface area contributed by atoms with Gasteiger partial charge < -0.3 is 10.3 Å². The molecule has 0 bridgehead atoms. The summed E-state index contributed by atoms with van der Waals surface area (Å²) in [5.74, 6) is 0.868. The van der Waals surface area contributed by atoms with E-state index in [1.54, 1.807) is 0 Å². The van der Waals surface area contributed by atoms with Gasteiger partial charge in [0.1, 0.15) is 0 Å². The van der Waals surface area contributed by atoms with Gasteiger partial charge in [-0.25, -0.2) is 0 Å². The van der Waals surface area contributed by atoms with Crippen LogP contribution in [0.15, 0.2) is 28.8 Å². The second-order valence-electron chi connectivity index (χ2n) is 4.01. The van der Waals surface area contributed by atoms with Crippen molar-refractivity contribution in [1.29, 1.82) is 0 Å². The SMILES string of the molecule is NCCc1noc(Cc2ccc(C(F)(F)F)cc2)n1. The minimum Gasteiger partial charge on any atom is -0.339 e. The third-order valence-corrected chi connectivity index (χ3v) is 2.51. The number of aromatic nitrogens is 2. The molecular weight excluding hydrogens is 259 g/mol. The Kier molecular flexibility index (Phi) is 3.84. The van der Waals surface area contributed by atoms with Gasteiger partial charge in [0.25, 0.3) is 0 Å². The lowest BCUT2D eigenvalue weighted by Gasteiger charge is -2.06. The first-order chi connectivity index (χ1) is 8.99. The smallest absolute Gasteiger partial charge is 0.339 e. The molecule has 7 heteroatoms. The number of hydrogen-bond acceptors (Lipinski definition) is 4. The molecule has 102 valence electrons. The maximum Gasteiger partial charge on any atom is 0.416 e. The first-order valence-electron chi connectivity index (χ1n) is 5.66. The average molecular weight is 271 g/mol. The second-order valence-corrected chi connectivity index (χ2v) is 4.01. The molecule has 0 fully saturated rings. The lowest BCUT2D eigenvalue weighted by Crippen LogP contribution is -2.05. The summed E-state index contributed by atoms with van der Waals surface area (Å²) in [7, 11) is 0. The fraction of sp³-hybridized carbons (Fsp3) is 0.333. The summed E-state index contributed by atoms with van der Waals surface area (Å²) in [4.78, 5) is 4.09. The van der Waals surface area contributed by atoms with Crippen molar-refractivity contribution in [2.24, 2.45) is 5.73 Å². The van der Waals surface area contributed by atoms with Gasteiger partial charge in [0, 0.05) is 6.42 Å². The van der Waals surface area contributed by atoms with Crippen LogP contribution in [0.3, 0.4) is 0 Å². The largest absolute Gasteiger partial charge is 0.416 e. The minimum absolute atomic E-state index is 0.301. The molecule has 0 saturated carbocycles. The van der Waals surface area contributed by atoms with Crippen LogP contribution in [0.2, 0.25) is 0 Å². The Balaban J connectivity index is 2.06. The molecule has 0 amide bonds. The Morgan fingerprint density at radius 2 is 1.84 bits per heavy atom. The zero-order valence-electron chi connectivity index (χ0n) is 9.94. The fourth-order valence-electron chi connectivity index (χ4n) is 1.58. The van der Waals surface area contributed by atoms with Gasteiger partial charge in [-0.1, -0.05) is 17.3 Å². The van der Waals surface area contributed by atoms with Crippen LogP contribution >= 0.6 is 0 Å². The number of benzene rings is 1. The van der Waals surface area contributed by atoms with E-state index in [2.05, 4.69) is 10.1 Å². The molecule has 0 atom stereocenters. The van der Waals surface area contributed by atoms with Gasteiger partial charge in [0.2, 0.25) is 5.89 Å². The molecule has 0 aliphatic heterocycles. The number of halogens is 3. The van der Waals surface area contributed by atoms with Crippen LogP contribution in [-0.4, -0.2) is 16.7 Å². The van der Waals surface area contributed by atoms with Gasteiger partial charge in [-0.05, 0) is 24.2 Å². The molecular formula is C12H12F3N3O. The maximum absolute atomic E-state index is 12.4. The van der Waals surface area contributed by atoms with Crippen LogP contribution in [0.4, 0.5) is 13.2 Å². The van der Waals surface area contributed by atoms with E-state index in [0.29, 0.717) is 36.7 Å².